The largest absolute Gasteiger partial charge is 0.370 e. The number of carbonyl (C=O) groups is 1. The molecule has 0 bridgehead atoms. The van der Waals surface area contributed by atoms with E-state index in [9.17, 15) is 4.79 Å². The van der Waals surface area contributed by atoms with Gasteiger partial charge in [0.2, 0.25) is 0 Å². The standard InChI is InChI=1S/C14H22N4O/c1-5-10-8-7-9-11(6-2)12(10)17(3)14(19)18(4)13(15)16/h7-9H,5-6H2,1-4H3,(H3,15,16). The van der Waals surface area contributed by atoms with Gasteiger partial charge >= 0.3 is 6.03 Å². The van der Waals surface area contributed by atoms with Crippen molar-refractivity contribution in [1.82, 2.24) is 4.90 Å². The Bertz CT molecular complexity index is 462. The van der Waals surface area contributed by atoms with Gasteiger partial charge in [-0.05, 0) is 24.0 Å². The number of hydrogen-bond donors (Lipinski definition) is 2. The molecule has 0 atom stereocenters. The van der Waals surface area contributed by atoms with E-state index in [1.165, 1.54) is 7.05 Å². The minimum atomic E-state index is -0.303. The maximum atomic E-state index is 12.3. The number of anilines is 1. The maximum absolute atomic E-state index is 12.3. The highest BCUT2D eigenvalue weighted by Gasteiger charge is 2.21. The lowest BCUT2D eigenvalue weighted by molar-refractivity contribution is 0.233. The maximum Gasteiger partial charge on any atom is 0.330 e. The van der Waals surface area contributed by atoms with E-state index in [2.05, 4.69) is 13.8 Å². The van der Waals surface area contributed by atoms with Crippen LogP contribution in [0.15, 0.2) is 18.2 Å². The van der Waals surface area contributed by atoms with Gasteiger partial charge in [-0.2, -0.15) is 0 Å². The highest BCUT2D eigenvalue weighted by molar-refractivity contribution is 6.02. The van der Waals surface area contributed by atoms with Gasteiger partial charge in [0.15, 0.2) is 5.96 Å². The molecule has 0 fully saturated rings. The van der Waals surface area contributed by atoms with Gasteiger partial charge in [-0.25, -0.2) is 4.79 Å². The first-order valence-electron chi connectivity index (χ1n) is 6.40. The Morgan fingerprint density at radius 3 is 2.05 bits per heavy atom. The first-order chi connectivity index (χ1) is 8.93. The van der Waals surface area contributed by atoms with Gasteiger partial charge < -0.3 is 5.73 Å². The van der Waals surface area contributed by atoms with Crippen LogP contribution in [0.1, 0.15) is 25.0 Å². The number of hydrogen-bond acceptors (Lipinski definition) is 2. The number of guanidine groups is 1. The molecule has 104 valence electrons. The van der Waals surface area contributed by atoms with Crippen LogP contribution in [0.3, 0.4) is 0 Å². The summed E-state index contributed by atoms with van der Waals surface area (Å²) in [5.74, 6) is -0.260. The quantitative estimate of drug-likeness (QED) is 0.647. The molecule has 0 heterocycles. The van der Waals surface area contributed by atoms with Crippen molar-refractivity contribution in [2.24, 2.45) is 5.73 Å². The molecular formula is C14H22N4O. The average Bonchev–Trinajstić information content (AvgIpc) is 2.43. The second-order valence-corrected chi connectivity index (χ2v) is 4.42. The number of benzene rings is 1. The topological polar surface area (TPSA) is 73.4 Å². The Morgan fingerprint density at radius 2 is 1.68 bits per heavy atom. The Balaban J connectivity index is 3.21. The summed E-state index contributed by atoms with van der Waals surface area (Å²) in [6.07, 6.45) is 1.70. The van der Waals surface area contributed by atoms with Crippen molar-refractivity contribution in [2.75, 3.05) is 19.0 Å². The number of nitrogens with two attached hydrogens (primary N) is 1. The molecule has 3 N–H and O–H groups in total. The van der Waals surface area contributed by atoms with Crippen LogP contribution in [0, 0.1) is 5.41 Å². The van der Waals surface area contributed by atoms with Gasteiger partial charge in [-0.15, -0.1) is 0 Å². The predicted molar refractivity (Wildman–Crippen MR) is 78.7 cm³/mol. The number of nitrogens with one attached hydrogen (secondary N) is 1. The molecule has 0 saturated carbocycles. The molecule has 0 aliphatic rings. The number of rotatable bonds is 3. The SMILES string of the molecule is CCc1cccc(CC)c1N(C)C(=O)N(C)C(=N)N. The van der Waals surface area contributed by atoms with Crippen LogP contribution in [0.2, 0.25) is 0 Å². The van der Waals surface area contributed by atoms with Crippen molar-refractivity contribution in [3.63, 3.8) is 0 Å². The van der Waals surface area contributed by atoms with Crippen LogP contribution in [-0.2, 0) is 12.8 Å². The summed E-state index contributed by atoms with van der Waals surface area (Å²) in [7, 11) is 3.22. The molecule has 5 heteroatoms. The molecule has 5 nitrogen and oxygen atoms in total. The molecule has 0 aromatic heterocycles. The fraction of sp³-hybridized carbons (Fsp3) is 0.429. The number of para-hydroxylation sites is 1. The highest BCUT2D eigenvalue weighted by atomic mass is 16.2. The summed E-state index contributed by atoms with van der Waals surface area (Å²) in [4.78, 5) is 15.0. The number of urea groups is 1. The van der Waals surface area contributed by atoms with E-state index in [4.69, 9.17) is 11.1 Å². The highest BCUT2D eigenvalue weighted by Crippen LogP contribution is 2.26. The first-order valence-corrected chi connectivity index (χ1v) is 6.40. The minimum absolute atomic E-state index is 0.260. The van der Waals surface area contributed by atoms with Crippen LogP contribution < -0.4 is 10.6 Å². The van der Waals surface area contributed by atoms with E-state index in [-0.39, 0.29) is 12.0 Å². The van der Waals surface area contributed by atoms with Gasteiger partial charge in [-0.1, -0.05) is 32.0 Å². The lowest BCUT2D eigenvalue weighted by atomic mass is 10.0. The molecule has 1 aromatic rings. The second-order valence-electron chi connectivity index (χ2n) is 4.42. The van der Waals surface area contributed by atoms with Crippen LogP contribution in [-0.4, -0.2) is 31.0 Å². The Hall–Kier alpha value is -2.04. The molecule has 0 spiro atoms. The molecule has 0 aliphatic carbocycles. The molecule has 1 aromatic carbocycles. The summed E-state index contributed by atoms with van der Waals surface area (Å²) < 4.78 is 0. The van der Waals surface area contributed by atoms with Gasteiger partial charge in [0.1, 0.15) is 0 Å². The normalized spacial score (nSPS) is 10.1. The molecule has 0 aliphatic heterocycles. The van der Waals surface area contributed by atoms with Crippen molar-refractivity contribution in [3.8, 4) is 0 Å². The molecular weight excluding hydrogens is 240 g/mol. The third-order valence-corrected chi connectivity index (χ3v) is 3.24. The monoisotopic (exact) mass is 262 g/mol. The lowest BCUT2D eigenvalue weighted by Crippen LogP contribution is -2.45. The fourth-order valence-electron chi connectivity index (χ4n) is 2.07. The zero-order valence-corrected chi connectivity index (χ0v) is 12.0. The van der Waals surface area contributed by atoms with E-state index in [0.29, 0.717) is 0 Å². The second kappa shape index (κ2) is 6.22. The number of nitrogens with zero attached hydrogens (tertiary/aromatic N) is 2. The van der Waals surface area contributed by atoms with Crippen molar-refractivity contribution in [1.29, 1.82) is 5.41 Å². The summed E-state index contributed by atoms with van der Waals surface area (Å²) in [6, 6.07) is 5.75. The minimum Gasteiger partial charge on any atom is -0.370 e. The molecule has 0 saturated heterocycles. The fourth-order valence-corrected chi connectivity index (χ4v) is 2.07. The zero-order valence-electron chi connectivity index (χ0n) is 12.0. The summed E-state index contributed by atoms with van der Waals surface area (Å²) >= 11 is 0. The van der Waals surface area contributed by atoms with Crippen LogP contribution in [0.25, 0.3) is 0 Å². The van der Waals surface area contributed by atoms with Crippen LogP contribution in [0.4, 0.5) is 10.5 Å². The first kappa shape index (κ1) is 15.0. The van der Waals surface area contributed by atoms with Crippen molar-refractivity contribution in [2.45, 2.75) is 26.7 Å². The van der Waals surface area contributed by atoms with Gasteiger partial charge in [0.25, 0.3) is 0 Å². The molecule has 19 heavy (non-hydrogen) atoms. The van der Waals surface area contributed by atoms with Gasteiger partial charge in [0.05, 0.1) is 5.69 Å². The molecule has 1 rings (SSSR count). The molecule has 0 radical (unpaired) electrons. The predicted octanol–water partition coefficient (Wildman–Crippen LogP) is 2.19. The number of carbonyl (C=O) groups excluding carboxylic acids is 1. The van der Waals surface area contributed by atoms with Crippen LogP contribution >= 0.6 is 0 Å². The number of amides is 2. The Morgan fingerprint density at radius 1 is 1.21 bits per heavy atom. The van der Waals surface area contributed by atoms with Gasteiger partial charge in [0, 0.05) is 14.1 Å². The summed E-state index contributed by atoms with van der Waals surface area (Å²) in [5, 5.41) is 7.34. The van der Waals surface area contributed by atoms with E-state index in [1.807, 2.05) is 18.2 Å². The van der Waals surface area contributed by atoms with E-state index >= 15 is 0 Å². The van der Waals surface area contributed by atoms with Crippen molar-refractivity contribution < 1.29 is 4.79 Å². The van der Waals surface area contributed by atoms with Crippen LogP contribution in [0.5, 0.6) is 0 Å². The van der Waals surface area contributed by atoms with Crippen molar-refractivity contribution >= 4 is 17.7 Å². The Kier molecular flexibility index (Phi) is 4.92. The third-order valence-electron chi connectivity index (χ3n) is 3.24. The zero-order chi connectivity index (χ0) is 14.6. The van der Waals surface area contributed by atoms with Gasteiger partial charge in [-0.3, -0.25) is 15.2 Å². The lowest BCUT2D eigenvalue weighted by Gasteiger charge is -2.27. The summed E-state index contributed by atoms with van der Waals surface area (Å²) in [6.45, 7) is 4.12. The van der Waals surface area contributed by atoms with E-state index < -0.39 is 0 Å². The van der Waals surface area contributed by atoms with Crippen molar-refractivity contribution in [3.05, 3.63) is 29.3 Å². The molecule has 0 unspecified atom stereocenters. The summed E-state index contributed by atoms with van der Waals surface area (Å²) in [5.41, 5.74) is 8.51. The third kappa shape index (κ3) is 3.05. The van der Waals surface area contributed by atoms with E-state index in [1.54, 1.807) is 11.9 Å². The van der Waals surface area contributed by atoms with E-state index in [0.717, 1.165) is 34.6 Å². The Labute approximate surface area is 114 Å². The number of aryl methyl sites for hydroxylation is 2. The average molecular weight is 262 g/mol. The molecule has 2 amide bonds. The smallest absolute Gasteiger partial charge is 0.330 e.